The maximum absolute atomic E-state index is 13.0. The molecule has 0 fully saturated rings. The topological polar surface area (TPSA) is 95.5 Å². The lowest BCUT2D eigenvalue weighted by molar-refractivity contribution is 0.0694. The minimum absolute atomic E-state index is 0.0150. The van der Waals surface area contributed by atoms with Crippen LogP contribution in [0.15, 0.2) is 83.8 Å². The molecule has 0 saturated heterocycles. The van der Waals surface area contributed by atoms with Gasteiger partial charge in [-0.2, -0.15) is 0 Å². The van der Waals surface area contributed by atoms with Crippen LogP contribution >= 0.6 is 11.6 Å². The van der Waals surface area contributed by atoms with E-state index in [4.69, 9.17) is 11.6 Å². The van der Waals surface area contributed by atoms with Crippen LogP contribution < -0.4 is 10.0 Å². The number of fused-ring (bicyclic) bond motifs is 3. The summed E-state index contributed by atoms with van der Waals surface area (Å²) in [5.74, 6) is -0.894. The van der Waals surface area contributed by atoms with E-state index >= 15 is 0 Å². The second kappa shape index (κ2) is 8.24. The van der Waals surface area contributed by atoms with E-state index in [1.165, 1.54) is 0 Å². The van der Waals surface area contributed by atoms with Crippen molar-refractivity contribution in [2.45, 2.75) is 23.3 Å². The van der Waals surface area contributed by atoms with E-state index < -0.39 is 16.0 Å². The minimum atomic E-state index is -3.79. The van der Waals surface area contributed by atoms with Crippen LogP contribution in [-0.2, 0) is 10.0 Å². The van der Waals surface area contributed by atoms with Crippen LogP contribution in [0.25, 0.3) is 0 Å². The van der Waals surface area contributed by atoms with Gasteiger partial charge in [0.05, 0.1) is 16.5 Å². The summed E-state index contributed by atoms with van der Waals surface area (Å²) in [5, 5.41) is 13.7. The normalized spacial score (nSPS) is 21.1. The summed E-state index contributed by atoms with van der Waals surface area (Å²) < 4.78 is 28.6. The first kappa shape index (κ1) is 21.6. The van der Waals surface area contributed by atoms with Crippen LogP contribution in [0, 0.1) is 5.92 Å². The molecule has 3 atom stereocenters. The molecule has 8 heteroatoms. The van der Waals surface area contributed by atoms with Crippen LogP contribution in [0.4, 0.5) is 11.4 Å². The van der Waals surface area contributed by atoms with Gasteiger partial charge in [0.15, 0.2) is 0 Å². The van der Waals surface area contributed by atoms with Crippen molar-refractivity contribution in [2.75, 3.05) is 10.0 Å². The first-order valence-electron chi connectivity index (χ1n) is 10.5. The molecule has 2 aliphatic rings. The number of nitrogens with one attached hydrogen (secondary N) is 2. The molecule has 5 rings (SSSR count). The third kappa shape index (κ3) is 3.98. The average molecular weight is 481 g/mol. The van der Waals surface area contributed by atoms with Crippen molar-refractivity contribution < 1.29 is 18.3 Å². The van der Waals surface area contributed by atoms with Crippen LogP contribution in [0.5, 0.6) is 0 Å². The minimum Gasteiger partial charge on any atom is -0.478 e. The van der Waals surface area contributed by atoms with E-state index in [0.29, 0.717) is 10.7 Å². The van der Waals surface area contributed by atoms with Crippen molar-refractivity contribution >= 4 is 39.0 Å². The summed E-state index contributed by atoms with van der Waals surface area (Å²) in [4.78, 5) is 12.0. The number of hydrogen-bond acceptors (Lipinski definition) is 4. The number of benzene rings is 3. The highest BCUT2D eigenvalue weighted by Crippen LogP contribution is 2.50. The molecule has 3 aromatic rings. The third-order valence-corrected chi connectivity index (χ3v) is 7.90. The van der Waals surface area contributed by atoms with E-state index in [1.807, 2.05) is 12.1 Å². The molecule has 0 unspecified atom stereocenters. The number of aromatic carboxylic acids is 1. The Morgan fingerprint density at radius 1 is 1.03 bits per heavy atom. The highest BCUT2D eigenvalue weighted by Gasteiger charge is 2.39. The smallest absolute Gasteiger partial charge is 0.336 e. The Labute approximate surface area is 197 Å². The maximum Gasteiger partial charge on any atom is 0.336 e. The molecule has 0 spiro atoms. The fraction of sp³-hybridized carbons (Fsp3) is 0.160. The summed E-state index contributed by atoms with van der Waals surface area (Å²) in [6.45, 7) is 0. The quantitative estimate of drug-likeness (QED) is 0.409. The molecule has 1 heterocycles. The lowest BCUT2D eigenvalue weighted by Crippen LogP contribution is -2.30. The number of hydrogen-bond donors (Lipinski definition) is 3. The SMILES string of the molecule is O=C(O)c1ccccc1[C@H]1Nc2ccc(S(=O)(=O)Nc3ccc(Cl)cc3)cc2[C@H]2C=CC[C@H]21. The second-order valence-electron chi connectivity index (χ2n) is 8.23. The molecule has 3 aromatic carbocycles. The zero-order valence-corrected chi connectivity index (χ0v) is 19.0. The Hall–Kier alpha value is -3.29. The monoisotopic (exact) mass is 480 g/mol. The van der Waals surface area contributed by atoms with Crippen molar-refractivity contribution in [1.82, 2.24) is 0 Å². The average Bonchev–Trinajstić information content (AvgIpc) is 3.30. The summed E-state index contributed by atoms with van der Waals surface area (Å²) >= 11 is 5.89. The van der Waals surface area contributed by atoms with Gasteiger partial charge in [-0.3, -0.25) is 4.72 Å². The third-order valence-electron chi connectivity index (χ3n) is 6.27. The number of carbonyl (C=O) groups is 1. The molecule has 0 amide bonds. The molecule has 1 aliphatic heterocycles. The Bertz CT molecular complexity index is 1370. The van der Waals surface area contributed by atoms with Gasteiger partial charge in [-0.15, -0.1) is 0 Å². The summed E-state index contributed by atoms with van der Waals surface area (Å²) in [6.07, 6.45) is 4.94. The van der Waals surface area contributed by atoms with E-state index in [2.05, 4.69) is 22.2 Å². The van der Waals surface area contributed by atoms with Crippen molar-refractivity contribution in [2.24, 2.45) is 5.92 Å². The van der Waals surface area contributed by atoms with Gasteiger partial charge in [-0.1, -0.05) is 42.0 Å². The number of rotatable bonds is 5. The molecule has 0 bridgehead atoms. The highest BCUT2D eigenvalue weighted by molar-refractivity contribution is 7.92. The van der Waals surface area contributed by atoms with Crippen molar-refractivity contribution in [3.63, 3.8) is 0 Å². The Morgan fingerprint density at radius 3 is 2.55 bits per heavy atom. The Morgan fingerprint density at radius 2 is 1.79 bits per heavy atom. The molecule has 0 aromatic heterocycles. The van der Waals surface area contributed by atoms with E-state index in [-0.39, 0.29) is 28.3 Å². The van der Waals surface area contributed by atoms with Gasteiger partial charge in [0.1, 0.15) is 0 Å². The van der Waals surface area contributed by atoms with Gasteiger partial charge in [-0.05, 0) is 72.0 Å². The summed E-state index contributed by atoms with van der Waals surface area (Å²) in [6, 6.07) is 18.3. The molecule has 33 heavy (non-hydrogen) atoms. The lowest BCUT2D eigenvalue weighted by Gasteiger charge is -2.38. The number of carboxylic acids is 1. The molecule has 0 saturated carbocycles. The Balaban J connectivity index is 1.51. The molecule has 6 nitrogen and oxygen atoms in total. The fourth-order valence-corrected chi connectivity index (χ4v) is 5.96. The van der Waals surface area contributed by atoms with Gasteiger partial charge < -0.3 is 10.4 Å². The number of halogens is 1. The van der Waals surface area contributed by atoms with Crippen molar-refractivity contribution in [3.05, 3.63) is 101 Å². The van der Waals surface area contributed by atoms with Crippen molar-refractivity contribution in [1.29, 1.82) is 0 Å². The number of sulfonamides is 1. The van der Waals surface area contributed by atoms with Gasteiger partial charge in [0, 0.05) is 22.3 Å². The van der Waals surface area contributed by atoms with Gasteiger partial charge in [-0.25, -0.2) is 13.2 Å². The fourth-order valence-electron chi connectivity index (χ4n) is 4.74. The number of allylic oxidation sites excluding steroid dienone is 2. The molecule has 3 N–H and O–H groups in total. The van der Waals surface area contributed by atoms with E-state index in [9.17, 15) is 18.3 Å². The zero-order valence-electron chi connectivity index (χ0n) is 17.4. The molecule has 0 radical (unpaired) electrons. The lowest BCUT2D eigenvalue weighted by atomic mass is 9.76. The molecule has 1 aliphatic carbocycles. The van der Waals surface area contributed by atoms with Crippen molar-refractivity contribution in [3.8, 4) is 0 Å². The van der Waals surface area contributed by atoms with Gasteiger partial charge in [0.2, 0.25) is 0 Å². The zero-order chi connectivity index (χ0) is 23.2. The first-order chi connectivity index (χ1) is 15.8. The molecular formula is C25H21ClN2O4S. The number of anilines is 2. The van der Waals surface area contributed by atoms with Gasteiger partial charge in [0.25, 0.3) is 10.0 Å². The van der Waals surface area contributed by atoms with Crippen LogP contribution in [-0.4, -0.2) is 19.5 Å². The standard InChI is InChI=1S/C25H21ClN2O4S/c26-15-8-10-16(11-9-15)28-33(31,32)17-12-13-23-22(14-17)18-6-3-7-19(18)24(27-23)20-4-1-2-5-21(20)25(29)30/h1-6,8-14,18-19,24,27-28H,7H2,(H,29,30)/t18-,19+,24-/m0/s1. The molecule has 168 valence electrons. The maximum atomic E-state index is 13.0. The Kier molecular flexibility index (Phi) is 5.38. The largest absolute Gasteiger partial charge is 0.478 e. The van der Waals surface area contributed by atoms with Gasteiger partial charge >= 0.3 is 5.97 Å². The second-order valence-corrected chi connectivity index (χ2v) is 10.3. The highest BCUT2D eigenvalue weighted by atomic mass is 35.5. The summed E-state index contributed by atoms with van der Waals surface area (Å²) in [5.41, 5.74) is 3.13. The predicted molar refractivity (Wildman–Crippen MR) is 128 cm³/mol. The number of carboxylic acid groups (broad SMARTS) is 1. The van der Waals surface area contributed by atoms with Crippen LogP contribution in [0.1, 0.15) is 39.9 Å². The first-order valence-corrected chi connectivity index (χ1v) is 12.4. The summed E-state index contributed by atoms with van der Waals surface area (Å²) in [7, 11) is -3.79. The van der Waals surface area contributed by atoms with Crippen LogP contribution in [0.2, 0.25) is 5.02 Å². The predicted octanol–water partition coefficient (Wildman–Crippen LogP) is 5.67. The van der Waals surface area contributed by atoms with E-state index in [0.717, 1.165) is 23.2 Å². The van der Waals surface area contributed by atoms with E-state index in [1.54, 1.807) is 54.6 Å². The van der Waals surface area contributed by atoms with Crippen LogP contribution in [0.3, 0.4) is 0 Å². The molecular weight excluding hydrogens is 460 g/mol.